The van der Waals surface area contributed by atoms with Crippen molar-refractivity contribution in [3.8, 4) is 0 Å². The topological polar surface area (TPSA) is 74.8 Å². The van der Waals surface area contributed by atoms with Crippen molar-refractivity contribution in [2.24, 2.45) is 0 Å². The van der Waals surface area contributed by atoms with E-state index < -0.39 is 0 Å². The first-order valence-corrected chi connectivity index (χ1v) is 6.98. The number of carbonyl (C=O) groups excluding carboxylic acids is 1. The quantitative estimate of drug-likeness (QED) is 0.763. The van der Waals surface area contributed by atoms with E-state index >= 15 is 0 Å². The van der Waals surface area contributed by atoms with Crippen molar-refractivity contribution in [3.05, 3.63) is 69.1 Å². The predicted octanol–water partition coefficient (Wildman–Crippen LogP) is 3.14. The molecule has 0 fully saturated rings. The van der Waals surface area contributed by atoms with Gasteiger partial charge in [-0.3, -0.25) is 9.59 Å². The molecule has 110 valence electrons. The molecule has 1 heterocycles. The zero-order valence-corrected chi connectivity index (χ0v) is 12.4. The number of carbonyl (C=O) groups is 1. The van der Waals surface area contributed by atoms with E-state index in [1.54, 1.807) is 18.2 Å². The van der Waals surface area contributed by atoms with Gasteiger partial charge in [-0.2, -0.15) is 5.10 Å². The largest absolute Gasteiger partial charge is 0.322 e. The Hall–Kier alpha value is -2.66. The molecule has 1 amide bonds. The van der Waals surface area contributed by atoms with E-state index in [4.69, 9.17) is 11.6 Å². The summed E-state index contributed by atoms with van der Waals surface area (Å²) in [5.74, 6) is -0.274. The number of halogens is 1. The lowest BCUT2D eigenvalue weighted by Gasteiger charge is -2.07. The van der Waals surface area contributed by atoms with Gasteiger partial charge in [-0.25, -0.2) is 5.10 Å². The highest BCUT2D eigenvalue weighted by Gasteiger charge is 2.10. The van der Waals surface area contributed by atoms with Gasteiger partial charge in [-0.1, -0.05) is 23.7 Å². The number of hydrogen-bond acceptors (Lipinski definition) is 3. The highest BCUT2D eigenvalue weighted by molar-refractivity contribution is 6.34. The van der Waals surface area contributed by atoms with Crippen molar-refractivity contribution in [1.29, 1.82) is 0 Å². The van der Waals surface area contributed by atoms with Crippen LogP contribution in [0.2, 0.25) is 5.15 Å². The maximum absolute atomic E-state index is 12.3. The molecule has 0 aliphatic rings. The van der Waals surface area contributed by atoms with Crippen molar-refractivity contribution in [2.45, 2.75) is 6.92 Å². The summed E-state index contributed by atoms with van der Waals surface area (Å²) in [6.07, 6.45) is 0. The summed E-state index contributed by atoms with van der Waals surface area (Å²) in [7, 11) is 0. The summed E-state index contributed by atoms with van der Waals surface area (Å²) in [4.78, 5) is 24.0. The molecule has 3 rings (SSSR count). The van der Waals surface area contributed by atoms with Crippen LogP contribution < -0.4 is 10.9 Å². The van der Waals surface area contributed by atoms with Gasteiger partial charge in [0.25, 0.3) is 11.5 Å². The van der Waals surface area contributed by atoms with Crippen LogP contribution in [0.3, 0.4) is 0 Å². The molecule has 0 atom stereocenters. The molecule has 0 radical (unpaired) electrons. The van der Waals surface area contributed by atoms with Crippen LogP contribution in [0.5, 0.6) is 0 Å². The number of anilines is 1. The van der Waals surface area contributed by atoms with Crippen LogP contribution >= 0.6 is 11.6 Å². The Morgan fingerprint density at radius 1 is 1.18 bits per heavy atom. The number of H-pyrrole nitrogens is 1. The number of aromatic amines is 1. The molecule has 1 aromatic heterocycles. The molecule has 0 aliphatic heterocycles. The SMILES string of the molecule is Cc1cccc(NC(=O)c2ccc3c(=O)[nH]nc(Cl)c3c2)c1. The predicted molar refractivity (Wildman–Crippen MR) is 86.5 cm³/mol. The van der Waals surface area contributed by atoms with Crippen LogP contribution in [0.4, 0.5) is 5.69 Å². The van der Waals surface area contributed by atoms with E-state index in [9.17, 15) is 9.59 Å². The summed E-state index contributed by atoms with van der Waals surface area (Å²) in [5, 5.41) is 9.80. The van der Waals surface area contributed by atoms with Crippen molar-refractivity contribution >= 4 is 34.0 Å². The van der Waals surface area contributed by atoms with Gasteiger partial charge in [0.1, 0.15) is 0 Å². The fourth-order valence-corrected chi connectivity index (χ4v) is 2.40. The monoisotopic (exact) mass is 313 g/mol. The third-order valence-electron chi connectivity index (χ3n) is 3.28. The van der Waals surface area contributed by atoms with Gasteiger partial charge in [-0.15, -0.1) is 0 Å². The van der Waals surface area contributed by atoms with Gasteiger partial charge in [0, 0.05) is 16.6 Å². The first-order chi connectivity index (χ1) is 10.5. The van der Waals surface area contributed by atoms with E-state index in [-0.39, 0.29) is 16.6 Å². The summed E-state index contributed by atoms with van der Waals surface area (Å²) in [5.41, 5.74) is 1.82. The van der Waals surface area contributed by atoms with Crippen molar-refractivity contribution in [3.63, 3.8) is 0 Å². The number of rotatable bonds is 2. The van der Waals surface area contributed by atoms with Gasteiger partial charge in [0.05, 0.1) is 5.39 Å². The van der Waals surface area contributed by atoms with E-state index in [0.29, 0.717) is 22.0 Å². The van der Waals surface area contributed by atoms with Gasteiger partial charge >= 0.3 is 0 Å². The van der Waals surface area contributed by atoms with Crippen LogP contribution in [0, 0.1) is 6.92 Å². The molecule has 0 bridgehead atoms. The molecule has 0 saturated carbocycles. The molecule has 2 N–H and O–H groups in total. The number of benzene rings is 2. The maximum atomic E-state index is 12.3. The number of nitrogens with one attached hydrogen (secondary N) is 2. The molecule has 0 spiro atoms. The molecule has 5 nitrogen and oxygen atoms in total. The highest BCUT2D eigenvalue weighted by Crippen LogP contribution is 2.20. The van der Waals surface area contributed by atoms with Gasteiger partial charge in [0.15, 0.2) is 5.15 Å². The summed E-state index contributed by atoms with van der Waals surface area (Å²) in [6, 6.07) is 12.2. The Morgan fingerprint density at radius 2 is 2.00 bits per heavy atom. The van der Waals surface area contributed by atoms with Gasteiger partial charge in [-0.05, 0) is 42.8 Å². The second kappa shape index (κ2) is 5.61. The lowest BCUT2D eigenvalue weighted by atomic mass is 10.1. The Kier molecular flexibility index (Phi) is 3.65. The molecule has 0 unspecified atom stereocenters. The first kappa shape index (κ1) is 14.3. The molecule has 0 aliphatic carbocycles. The Balaban J connectivity index is 1.98. The molecule has 22 heavy (non-hydrogen) atoms. The van der Waals surface area contributed by atoms with Crippen molar-refractivity contribution < 1.29 is 4.79 Å². The zero-order chi connectivity index (χ0) is 15.7. The summed E-state index contributed by atoms with van der Waals surface area (Å²) in [6.45, 7) is 1.95. The van der Waals surface area contributed by atoms with Crippen LogP contribution in [-0.2, 0) is 0 Å². The number of fused-ring (bicyclic) bond motifs is 1. The van der Waals surface area contributed by atoms with Crippen LogP contribution in [0.25, 0.3) is 10.8 Å². The smallest absolute Gasteiger partial charge is 0.272 e. The molecular formula is C16H12ClN3O2. The third-order valence-corrected chi connectivity index (χ3v) is 3.57. The second-order valence-electron chi connectivity index (χ2n) is 4.93. The maximum Gasteiger partial charge on any atom is 0.272 e. The van der Waals surface area contributed by atoms with Crippen LogP contribution in [0.1, 0.15) is 15.9 Å². The molecule has 6 heteroatoms. The van der Waals surface area contributed by atoms with E-state index in [1.165, 1.54) is 0 Å². The number of hydrogen-bond donors (Lipinski definition) is 2. The fourth-order valence-electron chi connectivity index (χ4n) is 2.20. The van der Waals surface area contributed by atoms with Crippen LogP contribution in [-0.4, -0.2) is 16.1 Å². The number of aromatic nitrogens is 2. The minimum absolute atomic E-state index is 0.153. The minimum Gasteiger partial charge on any atom is -0.322 e. The highest BCUT2D eigenvalue weighted by atomic mass is 35.5. The van der Waals surface area contributed by atoms with Gasteiger partial charge in [0.2, 0.25) is 0 Å². The van der Waals surface area contributed by atoms with Crippen molar-refractivity contribution in [2.75, 3.05) is 5.32 Å². The Bertz CT molecular complexity index is 934. The molecule has 0 saturated heterocycles. The standard InChI is InChI=1S/C16H12ClN3O2/c1-9-3-2-4-11(7-9)18-15(21)10-5-6-12-13(8-10)14(17)19-20-16(12)22/h2-8H,1H3,(H,18,21)(H,20,22). The molecular weight excluding hydrogens is 302 g/mol. The van der Waals surface area contributed by atoms with Crippen LogP contribution in [0.15, 0.2) is 47.3 Å². The van der Waals surface area contributed by atoms with Gasteiger partial charge < -0.3 is 5.32 Å². The normalized spacial score (nSPS) is 10.6. The average Bonchev–Trinajstić information content (AvgIpc) is 2.51. The second-order valence-corrected chi connectivity index (χ2v) is 5.29. The Morgan fingerprint density at radius 3 is 2.77 bits per heavy atom. The molecule has 2 aromatic carbocycles. The Labute approximate surface area is 130 Å². The lowest BCUT2D eigenvalue weighted by molar-refractivity contribution is 0.102. The number of nitrogens with zero attached hydrogens (tertiary/aromatic N) is 1. The first-order valence-electron chi connectivity index (χ1n) is 6.60. The van der Waals surface area contributed by atoms with E-state index in [1.807, 2.05) is 31.2 Å². The zero-order valence-electron chi connectivity index (χ0n) is 11.7. The summed E-state index contributed by atoms with van der Waals surface area (Å²) < 4.78 is 0. The molecule has 3 aromatic rings. The van der Waals surface area contributed by atoms with Crippen molar-refractivity contribution in [1.82, 2.24) is 10.2 Å². The average molecular weight is 314 g/mol. The number of amides is 1. The van der Waals surface area contributed by atoms with E-state index in [2.05, 4.69) is 15.5 Å². The number of aryl methyl sites for hydroxylation is 1. The lowest BCUT2D eigenvalue weighted by Crippen LogP contribution is -2.13. The third kappa shape index (κ3) is 2.71. The minimum atomic E-state index is -0.343. The fraction of sp³-hybridized carbons (Fsp3) is 0.0625. The summed E-state index contributed by atoms with van der Waals surface area (Å²) >= 11 is 5.97. The van der Waals surface area contributed by atoms with E-state index in [0.717, 1.165) is 5.56 Å².